The highest BCUT2D eigenvalue weighted by Gasteiger charge is 2.23. The van der Waals surface area contributed by atoms with Crippen molar-refractivity contribution in [2.75, 3.05) is 20.3 Å². The van der Waals surface area contributed by atoms with Crippen molar-refractivity contribution in [3.8, 4) is 0 Å². The van der Waals surface area contributed by atoms with Gasteiger partial charge in [-0.15, -0.1) is 6.58 Å². The van der Waals surface area contributed by atoms with Gasteiger partial charge in [-0.05, 0) is 26.2 Å². The van der Waals surface area contributed by atoms with Gasteiger partial charge in [0.25, 0.3) is 0 Å². The zero-order chi connectivity index (χ0) is 12.4. The van der Waals surface area contributed by atoms with Crippen molar-refractivity contribution in [3.05, 3.63) is 12.7 Å². The zero-order valence-corrected chi connectivity index (χ0v) is 10.0. The number of carbonyl (C=O) groups is 2. The van der Waals surface area contributed by atoms with Gasteiger partial charge in [-0.25, -0.2) is 0 Å². The summed E-state index contributed by atoms with van der Waals surface area (Å²) >= 11 is 0. The molecule has 92 valence electrons. The third kappa shape index (κ3) is 6.35. The number of rotatable bonds is 9. The molecule has 0 spiro atoms. The predicted molar refractivity (Wildman–Crippen MR) is 61.1 cm³/mol. The van der Waals surface area contributed by atoms with Crippen LogP contribution in [0.15, 0.2) is 12.7 Å². The van der Waals surface area contributed by atoms with Gasteiger partial charge in [-0.2, -0.15) is 0 Å². The minimum Gasteiger partial charge on any atom is -0.468 e. The molecule has 0 amide bonds. The number of Topliss-reactive ketones (excluding diaryl/α,β-unsaturated/α-hetero) is 1. The van der Waals surface area contributed by atoms with Gasteiger partial charge in [0.2, 0.25) is 0 Å². The summed E-state index contributed by atoms with van der Waals surface area (Å²) in [6, 6.07) is 0. The van der Waals surface area contributed by atoms with Gasteiger partial charge in [0.15, 0.2) is 0 Å². The average Bonchev–Trinajstić information content (AvgIpc) is 2.26. The van der Waals surface area contributed by atoms with Crippen LogP contribution >= 0.6 is 0 Å². The number of esters is 1. The molecule has 0 aliphatic rings. The van der Waals surface area contributed by atoms with Crippen LogP contribution in [-0.2, 0) is 19.1 Å². The van der Waals surface area contributed by atoms with Gasteiger partial charge >= 0.3 is 5.97 Å². The van der Waals surface area contributed by atoms with E-state index in [1.807, 2.05) is 0 Å². The highest BCUT2D eigenvalue weighted by molar-refractivity contribution is 5.97. The maximum absolute atomic E-state index is 11.2. The lowest BCUT2D eigenvalue weighted by atomic mass is 9.98. The number of carbonyl (C=O) groups excluding carboxylic acids is 2. The molecule has 0 saturated heterocycles. The first-order valence-electron chi connectivity index (χ1n) is 5.40. The minimum absolute atomic E-state index is 0.140. The zero-order valence-electron chi connectivity index (χ0n) is 10.0. The smallest absolute Gasteiger partial charge is 0.316 e. The second-order valence-corrected chi connectivity index (χ2v) is 3.55. The molecule has 0 fully saturated rings. The second kappa shape index (κ2) is 9.09. The highest BCUT2D eigenvalue weighted by atomic mass is 16.5. The van der Waals surface area contributed by atoms with Crippen LogP contribution < -0.4 is 0 Å². The van der Waals surface area contributed by atoms with Crippen LogP contribution in [0.3, 0.4) is 0 Å². The molecule has 0 bridgehead atoms. The van der Waals surface area contributed by atoms with E-state index in [1.165, 1.54) is 14.0 Å². The van der Waals surface area contributed by atoms with Crippen molar-refractivity contribution in [1.29, 1.82) is 0 Å². The van der Waals surface area contributed by atoms with Gasteiger partial charge < -0.3 is 9.47 Å². The van der Waals surface area contributed by atoms with E-state index >= 15 is 0 Å². The van der Waals surface area contributed by atoms with Gasteiger partial charge in [0.1, 0.15) is 11.7 Å². The van der Waals surface area contributed by atoms with Crippen LogP contribution in [0.2, 0.25) is 0 Å². The Labute approximate surface area is 96.6 Å². The molecule has 1 atom stereocenters. The quantitative estimate of drug-likeness (QED) is 0.261. The van der Waals surface area contributed by atoms with E-state index in [4.69, 9.17) is 4.74 Å². The Balaban J connectivity index is 3.73. The summed E-state index contributed by atoms with van der Waals surface area (Å²) < 4.78 is 9.76. The lowest BCUT2D eigenvalue weighted by molar-refractivity contribution is -0.149. The Morgan fingerprint density at radius 1 is 1.38 bits per heavy atom. The summed E-state index contributed by atoms with van der Waals surface area (Å²) in [4.78, 5) is 22.4. The monoisotopic (exact) mass is 228 g/mol. The fourth-order valence-corrected chi connectivity index (χ4v) is 1.35. The fourth-order valence-electron chi connectivity index (χ4n) is 1.35. The fraction of sp³-hybridized carbons (Fsp3) is 0.667. The molecular weight excluding hydrogens is 208 g/mol. The summed E-state index contributed by atoms with van der Waals surface area (Å²) in [6.45, 7) is 6.10. The van der Waals surface area contributed by atoms with E-state index in [2.05, 4.69) is 11.3 Å². The standard InChI is InChI=1S/C12H20O4/c1-4-8-16-9-6-5-7-11(10(2)13)12(14)15-3/h4,11H,1,5-9H2,2-3H3. The number of unbranched alkanes of at least 4 members (excludes halogenated alkanes) is 1. The topological polar surface area (TPSA) is 52.6 Å². The van der Waals surface area contributed by atoms with Crippen LogP contribution in [0, 0.1) is 5.92 Å². The molecule has 0 aliphatic heterocycles. The molecule has 4 nitrogen and oxygen atoms in total. The molecule has 0 aromatic carbocycles. The van der Waals surface area contributed by atoms with E-state index in [-0.39, 0.29) is 5.78 Å². The Kier molecular flexibility index (Phi) is 8.43. The highest BCUT2D eigenvalue weighted by Crippen LogP contribution is 2.11. The van der Waals surface area contributed by atoms with Gasteiger partial charge in [-0.3, -0.25) is 9.59 Å². The molecule has 4 heteroatoms. The maximum atomic E-state index is 11.2. The molecule has 0 saturated carbocycles. The van der Waals surface area contributed by atoms with Crippen molar-refractivity contribution >= 4 is 11.8 Å². The SMILES string of the molecule is C=CCOCCCCC(C(C)=O)C(=O)OC. The Bertz CT molecular complexity index is 235. The predicted octanol–water partition coefficient (Wildman–Crippen LogP) is 1.74. The van der Waals surface area contributed by atoms with Gasteiger partial charge in [-0.1, -0.05) is 6.08 Å². The molecule has 0 heterocycles. The molecule has 16 heavy (non-hydrogen) atoms. The Morgan fingerprint density at radius 2 is 2.06 bits per heavy atom. The van der Waals surface area contributed by atoms with Crippen LogP contribution in [0.4, 0.5) is 0 Å². The molecule has 0 aromatic heterocycles. The molecule has 0 N–H and O–H groups in total. The Hall–Kier alpha value is -1.16. The first-order chi connectivity index (χ1) is 7.63. The second-order valence-electron chi connectivity index (χ2n) is 3.55. The molecule has 0 radical (unpaired) electrons. The molecule has 0 rings (SSSR count). The van der Waals surface area contributed by atoms with Crippen LogP contribution in [0.25, 0.3) is 0 Å². The summed E-state index contributed by atoms with van der Waals surface area (Å²) in [5.41, 5.74) is 0. The maximum Gasteiger partial charge on any atom is 0.316 e. The average molecular weight is 228 g/mol. The number of ketones is 1. The van der Waals surface area contributed by atoms with E-state index in [0.29, 0.717) is 19.6 Å². The molecule has 1 unspecified atom stereocenters. The van der Waals surface area contributed by atoms with Crippen LogP contribution in [0.5, 0.6) is 0 Å². The number of hydrogen-bond acceptors (Lipinski definition) is 4. The van der Waals surface area contributed by atoms with Crippen molar-refractivity contribution in [2.24, 2.45) is 5.92 Å². The normalized spacial score (nSPS) is 11.9. The third-order valence-corrected chi connectivity index (χ3v) is 2.24. The number of ether oxygens (including phenoxy) is 2. The minimum atomic E-state index is -0.621. The number of hydrogen-bond donors (Lipinski definition) is 0. The van der Waals surface area contributed by atoms with E-state index < -0.39 is 11.9 Å². The molecule has 0 aliphatic carbocycles. The molecular formula is C12H20O4. The van der Waals surface area contributed by atoms with Gasteiger partial charge in [0.05, 0.1) is 13.7 Å². The first kappa shape index (κ1) is 14.8. The summed E-state index contributed by atoms with van der Waals surface area (Å²) in [5, 5.41) is 0. The lowest BCUT2D eigenvalue weighted by Gasteiger charge is -2.10. The van der Waals surface area contributed by atoms with Crippen LogP contribution in [-0.4, -0.2) is 32.1 Å². The van der Waals surface area contributed by atoms with Crippen molar-refractivity contribution in [3.63, 3.8) is 0 Å². The summed E-state index contributed by atoms with van der Waals surface area (Å²) in [7, 11) is 1.30. The molecule has 0 aromatic rings. The van der Waals surface area contributed by atoms with E-state index in [1.54, 1.807) is 6.08 Å². The lowest BCUT2D eigenvalue weighted by Crippen LogP contribution is -2.23. The Morgan fingerprint density at radius 3 is 2.56 bits per heavy atom. The van der Waals surface area contributed by atoms with Crippen molar-refractivity contribution < 1.29 is 19.1 Å². The first-order valence-corrected chi connectivity index (χ1v) is 5.40. The van der Waals surface area contributed by atoms with Crippen molar-refractivity contribution in [2.45, 2.75) is 26.2 Å². The summed E-state index contributed by atoms with van der Waals surface area (Å²) in [5.74, 6) is -1.21. The largest absolute Gasteiger partial charge is 0.468 e. The van der Waals surface area contributed by atoms with Crippen molar-refractivity contribution in [1.82, 2.24) is 0 Å². The van der Waals surface area contributed by atoms with Gasteiger partial charge in [0, 0.05) is 6.61 Å². The number of methoxy groups -OCH3 is 1. The van der Waals surface area contributed by atoms with Crippen LogP contribution in [0.1, 0.15) is 26.2 Å². The van der Waals surface area contributed by atoms with E-state index in [0.717, 1.165) is 12.8 Å². The third-order valence-electron chi connectivity index (χ3n) is 2.24. The van der Waals surface area contributed by atoms with E-state index in [9.17, 15) is 9.59 Å². The summed E-state index contributed by atoms with van der Waals surface area (Å²) in [6.07, 6.45) is 3.82.